The van der Waals surface area contributed by atoms with Crippen molar-refractivity contribution < 1.29 is 13.2 Å². The Morgan fingerprint density at radius 1 is 1.56 bits per heavy atom. The van der Waals surface area contributed by atoms with Crippen molar-refractivity contribution in [2.24, 2.45) is 0 Å². The highest BCUT2D eigenvalue weighted by atomic mass is 35.5. The number of nitrogens with one attached hydrogen (secondary N) is 1. The van der Waals surface area contributed by atoms with Gasteiger partial charge in [0.25, 0.3) is 10.0 Å². The van der Waals surface area contributed by atoms with Gasteiger partial charge in [-0.3, -0.25) is 4.79 Å². The number of sulfonamides is 1. The van der Waals surface area contributed by atoms with Crippen LogP contribution in [0.25, 0.3) is 0 Å². The first kappa shape index (κ1) is 13.8. The van der Waals surface area contributed by atoms with Crippen LogP contribution in [-0.4, -0.2) is 37.8 Å². The van der Waals surface area contributed by atoms with Crippen LogP contribution in [0.1, 0.15) is 13.3 Å². The third-order valence-corrected chi connectivity index (χ3v) is 6.39. The van der Waals surface area contributed by atoms with Crippen LogP contribution in [0, 0.1) is 0 Å². The summed E-state index contributed by atoms with van der Waals surface area (Å²) < 4.78 is 26.7. The summed E-state index contributed by atoms with van der Waals surface area (Å²) in [5.74, 6) is -0.241. The lowest BCUT2D eigenvalue weighted by Gasteiger charge is -2.32. The van der Waals surface area contributed by atoms with E-state index in [0.717, 1.165) is 11.3 Å². The molecule has 1 aliphatic heterocycles. The van der Waals surface area contributed by atoms with Crippen molar-refractivity contribution in [1.29, 1.82) is 0 Å². The number of hydrogen-bond acceptors (Lipinski definition) is 4. The molecular formula is C10H13ClN2O3S2. The molecule has 1 aliphatic rings. The van der Waals surface area contributed by atoms with Crippen LogP contribution in [0.4, 0.5) is 0 Å². The first-order valence-electron chi connectivity index (χ1n) is 5.51. The Morgan fingerprint density at radius 2 is 2.28 bits per heavy atom. The highest BCUT2D eigenvalue weighted by molar-refractivity contribution is 7.91. The average molecular weight is 309 g/mol. The van der Waals surface area contributed by atoms with E-state index in [2.05, 4.69) is 5.32 Å². The molecule has 0 aliphatic carbocycles. The number of piperazine rings is 1. The van der Waals surface area contributed by atoms with Gasteiger partial charge in [-0.15, -0.1) is 11.3 Å². The maximum Gasteiger partial charge on any atom is 0.253 e. The minimum Gasteiger partial charge on any atom is -0.353 e. The second-order valence-corrected chi connectivity index (χ2v) is 7.72. The molecule has 0 spiro atoms. The summed E-state index contributed by atoms with van der Waals surface area (Å²) in [6, 6.07) is 2.38. The molecular weight excluding hydrogens is 296 g/mol. The van der Waals surface area contributed by atoms with Crippen LogP contribution in [0.5, 0.6) is 0 Å². The van der Waals surface area contributed by atoms with E-state index in [1.807, 2.05) is 0 Å². The average Bonchev–Trinajstić information content (AvgIpc) is 2.76. The molecule has 2 heterocycles. The van der Waals surface area contributed by atoms with E-state index in [4.69, 9.17) is 11.6 Å². The molecule has 1 atom stereocenters. The Bertz CT molecular complexity index is 555. The molecule has 5 nitrogen and oxygen atoms in total. The van der Waals surface area contributed by atoms with Crippen LogP contribution in [0.2, 0.25) is 4.34 Å². The third-order valence-electron chi connectivity index (χ3n) is 2.78. The van der Waals surface area contributed by atoms with E-state index in [-0.39, 0.29) is 10.1 Å². The highest BCUT2D eigenvalue weighted by Gasteiger charge is 2.37. The summed E-state index contributed by atoms with van der Waals surface area (Å²) in [6.45, 7) is 2.43. The molecule has 1 N–H and O–H groups in total. The standard InChI is InChI=1S/C10H13ClN2O3S2/c1-2-7-10(14)12-5-6-13(7)18(15,16)9-4-3-8(11)17-9/h3-4,7H,2,5-6H2,1H3,(H,12,14). The van der Waals surface area contributed by atoms with Gasteiger partial charge in [-0.05, 0) is 18.6 Å². The number of carbonyl (C=O) groups is 1. The van der Waals surface area contributed by atoms with Gasteiger partial charge < -0.3 is 5.32 Å². The smallest absolute Gasteiger partial charge is 0.253 e. The van der Waals surface area contributed by atoms with E-state index >= 15 is 0 Å². The van der Waals surface area contributed by atoms with E-state index in [9.17, 15) is 13.2 Å². The van der Waals surface area contributed by atoms with Gasteiger partial charge in [0.1, 0.15) is 10.3 Å². The molecule has 0 radical (unpaired) electrons. The second-order valence-electron chi connectivity index (χ2n) is 3.89. The Hall–Kier alpha value is -0.630. The molecule has 2 rings (SSSR count). The van der Waals surface area contributed by atoms with E-state index < -0.39 is 16.1 Å². The van der Waals surface area contributed by atoms with Crippen LogP contribution < -0.4 is 5.32 Å². The zero-order valence-corrected chi connectivity index (χ0v) is 12.1. The summed E-state index contributed by atoms with van der Waals surface area (Å²) in [5.41, 5.74) is 0. The molecule has 1 saturated heterocycles. The van der Waals surface area contributed by atoms with Gasteiger partial charge in [0.15, 0.2) is 0 Å². The molecule has 1 amide bonds. The number of nitrogens with zero attached hydrogens (tertiary/aromatic N) is 1. The van der Waals surface area contributed by atoms with Crippen LogP contribution >= 0.6 is 22.9 Å². The fourth-order valence-electron chi connectivity index (χ4n) is 1.92. The number of thiophene rings is 1. The molecule has 0 saturated carbocycles. The molecule has 1 aromatic rings. The van der Waals surface area contributed by atoms with Crippen molar-refractivity contribution in [3.8, 4) is 0 Å². The maximum atomic E-state index is 12.4. The Morgan fingerprint density at radius 3 is 2.83 bits per heavy atom. The van der Waals surface area contributed by atoms with E-state index in [1.165, 1.54) is 10.4 Å². The molecule has 0 bridgehead atoms. The van der Waals surface area contributed by atoms with Gasteiger partial charge in [-0.1, -0.05) is 18.5 Å². The molecule has 18 heavy (non-hydrogen) atoms. The van der Waals surface area contributed by atoms with Gasteiger partial charge in [-0.2, -0.15) is 4.31 Å². The Labute approximate surface area is 115 Å². The van der Waals surface area contributed by atoms with Crippen LogP contribution in [0.3, 0.4) is 0 Å². The van der Waals surface area contributed by atoms with Gasteiger partial charge >= 0.3 is 0 Å². The molecule has 1 aromatic heterocycles. The number of rotatable bonds is 3. The Kier molecular flexibility index (Phi) is 3.96. The summed E-state index contributed by atoms with van der Waals surface area (Å²) in [7, 11) is -3.63. The lowest BCUT2D eigenvalue weighted by molar-refractivity contribution is -0.126. The van der Waals surface area contributed by atoms with Crippen molar-refractivity contribution in [2.45, 2.75) is 23.6 Å². The van der Waals surface area contributed by atoms with Gasteiger partial charge in [0, 0.05) is 13.1 Å². The quantitative estimate of drug-likeness (QED) is 0.915. The van der Waals surface area contributed by atoms with Gasteiger partial charge in [0.2, 0.25) is 5.91 Å². The Balaban J connectivity index is 2.37. The summed E-state index contributed by atoms with van der Waals surface area (Å²) in [6.07, 6.45) is 0.449. The lowest BCUT2D eigenvalue weighted by Crippen LogP contribution is -2.56. The number of carbonyl (C=O) groups excluding carboxylic acids is 1. The van der Waals surface area contributed by atoms with E-state index in [1.54, 1.807) is 13.0 Å². The lowest BCUT2D eigenvalue weighted by atomic mass is 10.2. The molecule has 0 aromatic carbocycles. The molecule has 1 fully saturated rings. The molecule has 1 unspecified atom stereocenters. The van der Waals surface area contributed by atoms with Crippen LogP contribution in [0.15, 0.2) is 16.3 Å². The zero-order valence-electron chi connectivity index (χ0n) is 9.72. The predicted molar refractivity (Wildman–Crippen MR) is 70.3 cm³/mol. The fraction of sp³-hybridized carbons (Fsp3) is 0.500. The van der Waals surface area contributed by atoms with Crippen molar-refractivity contribution in [3.63, 3.8) is 0 Å². The molecule has 100 valence electrons. The predicted octanol–water partition coefficient (Wildman–Crippen LogP) is 1.30. The van der Waals surface area contributed by atoms with E-state index in [0.29, 0.717) is 23.8 Å². The number of hydrogen-bond donors (Lipinski definition) is 1. The minimum atomic E-state index is -3.63. The SMILES string of the molecule is CCC1C(=O)NCCN1S(=O)(=O)c1ccc(Cl)s1. The fourth-order valence-corrected chi connectivity index (χ4v) is 5.20. The van der Waals surface area contributed by atoms with Crippen molar-refractivity contribution >= 4 is 38.9 Å². The zero-order chi connectivity index (χ0) is 13.3. The normalized spacial score (nSPS) is 21.9. The summed E-state index contributed by atoms with van der Waals surface area (Å²) >= 11 is 6.77. The van der Waals surface area contributed by atoms with Gasteiger partial charge in [-0.25, -0.2) is 8.42 Å². The number of amides is 1. The molecule has 8 heteroatoms. The highest BCUT2D eigenvalue weighted by Crippen LogP contribution is 2.29. The first-order valence-corrected chi connectivity index (χ1v) is 8.15. The number of halogens is 1. The summed E-state index contributed by atoms with van der Waals surface area (Å²) in [5, 5.41) is 2.67. The second kappa shape index (κ2) is 5.16. The summed E-state index contributed by atoms with van der Waals surface area (Å²) in [4.78, 5) is 11.7. The minimum absolute atomic E-state index is 0.181. The first-order chi connectivity index (χ1) is 8.46. The monoisotopic (exact) mass is 308 g/mol. The van der Waals surface area contributed by atoms with Crippen molar-refractivity contribution in [2.75, 3.05) is 13.1 Å². The largest absolute Gasteiger partial charge is 0.353 e. The third kappa shape index (κ3) is 2.40. The topological polar surface area (TPSA) is 66.5 Å². The van der Waals surface area contributed by atoms with Crippen LogP contribution in [-0.2, 0) is 14.8 Å². The maximum absolute atomic E-state index is 12.4. The van der Waals surface area contributed by atoms with Gasteiger partial charge in [0.05, 0.1) is 4.34 Å². The van der Waals surface area contributed by atoms with Crippen molar-refractivity contribution in [1.82, 2.24) is 9.62 Å². The van der Waals surface area contributed by atoms with Crippen molar-refractivity contribution in [3.05, 3.63) is 16.5 Å².